The van der Waals surface area contributed by atoms with E-state index in [4.69, 9.17) is 4.74 Å². The number of nitrogens with zero attached hydrogens (tertiary/aromatic N) is 3. The molecule has 0 bridgehead atoms. The molecule has 0 spiro atoms. The van der Waals surface area contributed by atoms with Crippen molar-refractivity contribution in [2.75, 3.05) is 7.11 Å². The zero-order valence-electron chi connectivity index (χ0n) is 14.3. The molecule has 1 fully saturated rings. The monoisotopic (exact) mass is 343 g/mol. The number of ketones is 1. The summed E-state index contributed by atoms with van der Waals surface area (Å²) in [5.74, 6) is 0.0526. The van der Waals surface area contributed by atoms with Gasteiger partial charge in [0.1, 0.15) is 0 Å². The summed E-state index contributed by atoms with van der Waals surface area (Å²) in [4.78, 5) is 17.1. The number of methoxy groups -OCH3 is 1. The van der Waals surface area contributed by atoms with Crippen LogP contribution >= 0.6 is 0 Å². The predicted molar refractivity (Wildman–Crippen MR) is 90.2 cm³/mol. The smallest absolute Gasteiger partial charge is 0.218 e. The Hall–Kier alpha value is -2.08. The van der Waals surface area contributed by atoms with E-state index in [-0.39, 0.29) is 35.5 Å². The number of ether oxygens (including phenoxy) is 1. The van der Waals surface area contributed by atoms with E-state index in [1.165, 1.54) is 0 Å². The molecule has 2 aliphatic rings. The number of aromatic nitrogens is 3. The summed E-state index contributed by atoms with van der Waals surface area (Å²) >= 11 is 0. The van der Waals surface area contributed by atoms with Gasteiger partial charge in [0.25, 0.3) is 0 Å². The van der Waals surface area contributed by atoms with Crippen molar-refractivity contribution in [3.8, 4) is 0 Å². The first-order valence-corrected chi connectivity index (χ1v) is 8.91. The van der Waals surface area contributed by atoms with Crippen LogP contribution in [0.25, 0.3) is 0 Å². The van der Waals surface area contributed by atoms with Crippen LogP contribution in [0.5, 0.6) is 0 Å². The molecule has 1 aromatic heterocycles. The van der Waals surface area contributed by atoms with Crippen LogP contribution in [-0.4, -0.2) is 33.8 Å². The Morgan fingerprint density at radius 3 is 2.76 bits per heavy atom. The summed E-state index contributed by atoms with van der Waals surface area (Å²) < 4.78 is 21.5. The average Bonchev–Trinajstić information content (AvgIpc) is 3.22. The molecule has 0 N–H and O–H groups in total. The second-order valence-electron chi connectivity index (χ2n) is 6.90. The fourth-order valence-corrected chi connectivity index (χ4v) is 4.08. The first kappa shape index (κ1) is 16.4. The molecule has 25 heavy (non-hydrogen) atoms. The van der Waals surface area contributed by atoms with Crippen LogP contribution in [0.4, 0.5) is 4.39 Å². The molecule has 1 aromatic carbocycles. The Bertz CT molecular complexity index is 761. The van der Waals surface area contributed by atoms with E-state index < -0.39 is 6.17 Å². The molecule has 0 unspecified atom stereocenters. The fourth-order valence-electron chi connectivity index (χ4n) is 4.08. The first-order chi connectivity index (χ1) is 12.2. The van der Waals surface area contributed by atoms with Crippen LogP contribution in [0.3, 0.4) is 0 Å². The SMILES string of the molecule is CO[C@H]1CCCC[C@H]1C(=O)c1nc2n(n1)[C@H](c1ccccc1)C[C@@H]2F. The number of benzene rings is 1. The lowest BCUT2D eigenvalue weighted by Crippen LogP contribution is -2.33. The predicted octanol–water partition coefficient (Wildman–Crippen LogP) is 3.67. The summed E-state index contributed by atoms with van der Waals surface area (Å²) in [6.45, 7) is 0. The second-order valence-corrected chi connectivity index (χ2v) is 6.90. The minimum atomic E-state index is -1.19. The van der Waals surface area contributed by atoms with Crippen LogP contribution in [0.1, 0.15) is 66.3 Å². The number of alkyl halides is 1. The summed E-state index contributed by atoms with van der Waals surface area (Å²) in [7, 11) is 1.64. The molecule has 1 saturated carbocycles. The van der Waals surface area contributed by atoms with Crippen LogP contribution in [-0.2, 0) is 4.74 Å². The van der Waals surface area contributed by atoms with Gasteiger partial charge in [-0.15, -0.1) is 5.10 Å². The van der Waals surface area contributed by atoms with Crippen LogP contribution in [0.15, 0.2) is 30.3 Å². The number of fused-ring (bicyclic) bond motifs is 1. The van der Waals surface area contributed by atoms with Crippen LogP contribution in [0, 0.1) is 5.92 Å². The third-order valence-electron chi connectivity index (χ3n) is 5.41. The molecule has 132 valence electrons. The van der Waals surface area contributed by atoms with Gasteiger partial charge in [0.2, 0.25) is 11.6 Å². The van der Waals surface area contributed by atoms with E-state index in [9.17, 15) is 9.18 Å². The normalized spacial score (nSPS) is 28.7. The zero-order chi connectivity index (χ0) is 17.4. The zero-order valence-corrected chi connectivity index (χ0v) is 14.3. The van der Waals surface area contributed by atoms with Gasteiger partial charge < -0.3 is 4.74 Å². The van der Waals surface area contributed by atoms with E-state index >= 15 is 0 Å². The highest BCUT2D eigenvalue weighted by atomic mass is 19.1. The highest BCUT2D eigenvalue weighted by Gasteiger charge is 2.39. The van der Waals surface area contributed by atoms with E-state index in [0.717, 1.165) is 31.2 Å². The van der Waals surface area contributed by atoms with E-state index in [2.05, 4.69) is 10.1 Å². The van der Waals surface area contributed by atoms with Crippen molar-refractivity contribution in [2.24, 2.45) is 5.92 Å². The first-order valence-electron chi connectivity index (χ1n) is 8.91. The Morgan fingerprint density at radius 1 is 1.24 bits per heavy atom. The second kappa shape index (κ2) is 6.67. The topological polar surface area (TPSA) is 57.0 Å². The van der Waals surface area contributed by atoms with E-state index in [0.29, 0.717) is 6.42 Å². The Labute approximate surface area is 146 Å². The molecule has 2 aromatic rings. The third kappa shape index (κ3) is 2.88. The number of carbonyl (C=O) groups is 1. The molecule has 4 rings (SSSR count). The Kier molecular flexibility index (Phi) is 4.37. The summed E-state index contributed by atoms with van der Waals surface area (Å²) in [5.41, 5.74) is 0.986. The molecule has 2 heterocycles. The maximum atomic E-state index is 14.5. The maximum Gasteiger partial charge on any atom is 0.218 e. The minimum absolute atomic E-state index is 0.0920. The Balaban J connectivity index is 1.63. The number of halogens is 1. The standard InChI is InChI=1S/C19H22FN3O2/c1-25-16-10-6-5-9-13(16)17(24)18-21-19-14(20)11-15(23(19)22-18)12-7-3-2-4-8-12/h2-4,7-8,13-16H,5-6,9-11H2,1H3/t13-,14+,15+,16+/m1/s1. The average molecular weight is 343 g/mol. The lowest BCUT2D eigenvalue weighted by molar-refractivity contribution is 0.0234. The lowest BCUT2D eigenvalue weighted by atomic mass is 9.83. The minimum Gasteiger partial charge on any atom is -0.381 e. The lowest BCUT2D eigenvalue weighted by Gasteiger charge is -2.28. The molecule has 0 saturated heterocycles. The molecule has 6 heteroatoms. The van der Waals surface area contributed by atoms with E-state index in [1.54, 1.807) is 11.8 Å². The van der Waals surface area contributed by atoms with Crippen molar-refractivity contribution in [2.45, 2.75) is 50.4 Å². The fraction of sp³-hybridized carbons (Fsp3) is 0.526. The molecular formula is C19H22FN3O2. The van der Waals surface area contributed by atoms with Crippen molar-refractivity contribution in [1.29, 1.82) is 0 Å². The van der Waals surface area contributed by atoms with Crippen molar-refractivity contribution in [3.63, 3.8) is 0 Å². The molecular weight excluding hydrogens is 321 g/mol. The highest BCUT2D eigenvalue weighted by molar-refractivity contribution is 5.94. The van der Waals surface area contributed by atoms with Gasteiger partial charge in [-0.05, 0) is 18.4 Å². The van der Waals surface area contributed by atoms with Gasteiger partial charge in [-0.2, -0.15) is 0 Å². The molecule has 1 aliphatic carbocycles. The third-order valence-corrected chi connectivity index (χ3v) is 5.41. The van der Waals surface area contributed by atoms with Gasteiger partial charge in [-0.3, -0.25) is 4.79 Å². The molecule has 0 amide bonds. The molecule has 4 atom stereocenters. The summed E-state index contributed by atoms with van der Waals surface area (Å²) in [6.07, 6.45) is 2.76. The van der Waals surface area contributed by atoms with Crippen molar-refractivity contribution < 1.29 is 13.9 Å². The van der Waals surface area contributed by atoms with Gasteiger partial charge >= 0.3 is 0 Å². The quantitative estimate of drug-likeness (QED) is 0.795. The van der Waals surface area contributed by atoms with Crippen molar-refractivity contribution >= 4 is 5.78 Å². The number of hydrogen-bond donors (Lipinski definition) is 0. The van der Waals surface area contributed by atoms with Gasteiger partial charge in [0.15, 0.2) is 12.0 Å². The molecule has 1 aliphatic heterocycles. The number of carbonyl (C=O) groups excluding carboxylic acids is 1. The van der Waals surface area contributed by atoms with Crippen molar-refractivity contribution in [1.82, 2.24) is 14.8 Å². The van der Waals surface area contributed by atoms with Gasteiger partial charge in [0, 0.05) is 13.5 Å². The van der Waals surface area contributed by atoms with Gasteiger partial charge in [0.05, 0.1) is 18.1 Å². The van der Waals surface area contributed by atoms with E-state index in [1.807, 2.05) is 30.3 Å². The maximum absolute atomic E-state index is 14.5. The summed E-state index contributed by atoms with van der Waals surface area (Å²) in [6, 6.07) is 9.49. The molecule has 5 nitrogen and oxygen atoms in total. The number of hydrogen-bond acceptors (Lipinski definition) is 4. The highest BCUT2D eigenvalue weighted by Crippen LogP contribution is 2.39. The van der Waals surface area contributed by atoms with Crippen molar-refractivity contribution in [3.05, 3.63) is 47.5 Å². The summed E-state index contributed by atoms with van der Waals surface area (Å²) in [5, 5.41) is 4.40. The molecule has 0 radical (unpaired) electrons. The Morgan fingerprint density at radius 2 is 2.00 bits per heavy atom. The largest absolute Gasteiger partial charge is 0.381 e. The van der Waals surface area contributed by atoms with Gasteiger partial charge in [-0.1, -0.05) is 43.2 Å². The number of Topliss-reactive ketones (excluding diaryl/α,β-unsaturated/α-hetero) is 1. The van der Waals surface area contributed by atoms with Gasteiger partial charge in [-0.25, -0.2) is 14.1 Å². The van der Waals surface area contributed by atoms with Crippen LogP contribution in [0.2, 0.25) is 0 Å². The van der Waals surface area contributed by atoms with Crippen LogP contribution < -0.4 is 0 Å². The number of rotatable bonds is 4.